The Morgan fingerprint density at radius 3 is 2.29 bits per heavy atom. The minimum Gasteiger partial charge on any atom is -0.497 e. The number of aromatic nitrogens is 3. The molecule has 0 aliphatic heterocycles. The first kappa shape index (κ1) is 22.5. The molecule has 0 bridgehead atoms. The van der Waals surface area contributed by atoms with E-state index in [9.17, 15) is 0 Å². The Balaban J connectivity index is 1.52. The number of anilines is 1. The summed E-state index contributed by atoms with van der Waals surface area (Å²) in [5.74, 6) is 2.46. The van der Waals surface area contributed by atoms with Gasteiger partial charge in [0.2, 0.25) is 5.75 Å². The Labute approximate surface area is 206 Å². The van der Waals surface area contributed by atoms with Crippen LogP contribution in [0.15, 0.2) is 61.1 Å². The lowest BCUT2D eigenvalue weighted by Gasteiger charge is -2.12. The summed E-state index contributed by atoms with van der Waals surface area (Å²) in [6.45, 7) is 0. The third kappa shape index (κ3) is 3.89. The summed E-state index contributed by atoms with van der Waals surface area (Å²) < 4.78 is 24.8. The van der Waals surface area contributed by atoms with Gasteiger partial charge >= 0.3 is 0 Å². The molecule has 0 unspecified atom stereocenters. The Kier molecular flexibility index (Phi) is 5.92. The summed E-state index contributed by atoms with van der Waals surface area (Å²) in [5, 5.41) is 0.866. The predicted octanol–water partition coefficient (Wildman–Crippen LogP) is 5.43. The van der Waals surface area contributed by atoms with Crippen LogP contribution in [0.5, 0.6) is 23.0 Å². The molecule has 0 spiro atoms. The van der Waals surface area contributed by atoms with Crippen molar-refractivity contribution in [3.8, 4) is 50.5 Å². The van der Waals surface area contributed by atoms with Crippen LogP contribution in [-0.4, -0.2) is 43.0 Å². The SMILES string of the molecule is COc1ccc(-c2cncn2-c2ccc(-c3nc4cc(OC)c(OC)c(OC)c4s3)cc2)c(N)c1. The van der Waals surface area contributed by atoms with E-state index in [4.69, 9.17) is 29.7 Å². The van der Waals surface area contributed by atoms with Gasteiger partial charge in [-0.15, -0.1) is 11.3 Å². The fourth-order valence-electron chi connectivity index (χ4n) is 4.02. The predicted molar refractivity (Wildman–Crippen MR) is 138 cm³/mol. The molecule has 0 atom stereocenters. The van der Waals surface area contributed by atoms with Gasteiger partial charge in [0.1, 0.15) is 15.5 Å². The maximum absolute atomic E-state index is 6.28. The van der Waals surface area contributed by atoms with Crippen molar-refractivity contribution in [1.82, 2.24) is 14.5 Å². The molecule has 0 aliphatic rings. The van der Waals surface area contributed by atoms with E-state index in [1.54, 1.807) is 47.0 Å². The number of thiazole rings is 1. The highest BCUT2D eigenvalue weighted by Gasteiger charge is 2.20. The zero-order valence-electron chi connectivity index (χ0n) is 19.7. The zero-order valence-corrected chi connectivity index (χ0v) is 20.6. The quantitative estimate of drug-likeness (QED) is 0.305. The molecule has 2 N–H and O–H groups in total. The summed E-state index contributed by atoms with van der Waals surface area (Å²) in [4.78, 5) is 9.16. The monoisotopic (exact) mass is 488 g/mol. The molecule has 2 heterocycles. The van der Waals surface area contributed by atoms with Crippen LogP contribution in [0.3, 0.4) is 0 Å². The Bertz CT molecular complexity index is 1510. The lowest BCUT2D eigenvalue weighted by atomic mass is 10.1. The summed E-state index contributed by atoms with van der Waals surface area (Å²) in [6, 6.07) is 15.6. The molecule has 178 valence electrons. The molecule has 2 aromatic heterocycles. The highest BCUT2D eigenvalue weighted by molar-refractivity contribution is 7.22. The van der Waals surface area contributed by atoms with Gasteiger partial charge in [-0.05, 0) is 36.4 Å². The van der Waals surface area contributed by atoms with Gasteiger partial charge < -0.3 is 24.7 Å². The number of fused-ring (bicyclic) bond motifs is 1. The lowest BCUT2D eigenvalue weighted by molar-refractivity contribution is 0.327. The molecule has 3 aromatic carbocycles. The number of nitrogen functional groups attached to an aromatic ring is 1. The Hall–Kier alpha value is -4.24. The second-order valence-corrected chi connectivity index (χ2v) is 8.66. The minimum absolute atomic E-state index is 0.554. The molecule has 9 heteroatoms. The third-order valence-electron chi connectivity index (χ3n) is 5.75. The van der Waals surface area contributed by atoms with Gasteiger partial charge in [0.25, 0.3) is 0 Å². The van der Waals surface area contributed by atoms with E-state index >= 15 is 0 Å². The van der Waals surface area contributed by atoms with Crippen LogP contribution in [0.1, 0.15) is 0 Å². The summed E-state index contributed by atoms with van der Waals surface area (Å²) in [7, 11) is 6.42. The first-order valence-corrected chi connectivity index (χ1v) is 11.6. The maximum atomic E-state index is 6.28. The topological polar surface area (TPSA) is 93.7 Å². The first-order chi connectivity index (χ1) is 17.1. The highest BCUT2D eigenvalue weighted by atomic mass is 32.1. The van der Waals surface area contributed by atoms with Gasteiger partial charge in [0.15, 0.2) is 11.5 Å². The van der Waals surface area contributed by atoms with Crippen molar-refractivity contribution < 1.29 is 18.9 Å². The number of ether oxygens (including phenoxy) is 4. The molecular formula is C26H24N4O4S. The van der Waals surface area contributed by atoms with E-state index in [2.05, 4.69) is 4.98 Å². The molecule has 35 heavy (non-hydrogen) atoms. The van der Waals surface area contributed by atoms with Gasteiger partial charge in [-0.2, -0.15) is 0 Å². The second kappa shape index (κ2) is 9.19. The average Bonchev–Trinajstić information content (AvgIpc) is 3.54. The zero-order chi connectivity index (χ0) is 24.5. The van der Waals surface area contributed by atoms with Gasteiger partial charge in [-0.1, -0.05) is 0 Å². The minimum atomic E-state index is 0.554. The summed E-state index contributed by atoms with van der Waals surface area (Å²) >= 11 is 1.54. The van der Waals surface area contributed by atoms with Crippen molar-refractivity contribution in [3.05, 3.63) is 61.1 Å². The van der Waals surface area contributed by atoms with Crippen molar-refractivity contribution in [2.24, 2.45) is 0 Å². The largest absolute Gasteiger partial charge is 0.497 e. The normalized spacial score (nSPS) is 11.0. The standard InChI is InChI=1S/C26H24N4O4S/c1-31-17-9-10-18(19(27)11-17)21-13-28-14-30(21)16-7-5-15(6-8-16)26-29-20-12-22(32-2)23(33-3)24(34-4)25(20)35-26/h5-14H,27H2,1-4H3. The molecule has 0 aliphatic carbocycles. The number of nitrogens with two attached hydrogens (primary N) is 1. The highest BCUT2D eigenvalue weighted by Crippen LogP contribution is 2.47. The average molecular weight is 489 g/mol. The van der Waals surface area contributed by atoms with Crippen molar-refractivity contribution in [2.75, 3.05) is 34.2 Å². The summed E-state index contributed by atoms with van der Waals surface area (Å²) in [6.07, 6.45) is 3.57. The first-order valence-electron chi connectivity index (χ1n) is 10.7. The van der Waals surface area contributed by atoms with Crippen LogP contribution in [0, 0.1) is 0 Å². The van der Waals surface area contributed by atoms with Crippen LogP contribution >= 0.6 is 11.3 Å². The Morgan fingerprint density at radius 2 is 1.63 bits per heavy atom. The van der Waals surface area contributed by atoms with Crippen LogP contribution in [0.4, 0.5) is 5.69 Å². The van der Waals surface area contributed by atoms with Crippen molar-refractivity contribution >= 4 is 27.2 Å². The molecule has 8 nitrogen and oxygen atoms in total. The van der Waals surface area contributed by atoms with E-state index in [0.717, 1.165) is 37.7 Å². The van der Waals surface area contributed by atoms with E-state index in [1.165, 1.54) is 11.3 Å². The molecular weight excluding hydrogens is 464 g/mol. The van der Waals surface area contributed by atoms with Gasteiger partial charge in [0, 0.05) is 34.6 Å². The van der Waals surface area contributed by atoms with Gasteiger partial charge in [-0.25, -0.2) is 9.97 Å². The van der Waals surface area contributed by atoms with E-state index in [1.807, 2.05) is 47.0 Å². The molecule has 0 saturated carbocycles. The number of hydrogen-bond acceptors (Lipinski definition) is 8. The van der Waals surface area contributed by atoms with Gasteiger partial charge in [-0.3, -0.25) is 4.57 Å². The lowest BCUT2D eigenvalue weighted by Crippen LogP contribution is -1.98. The number of hydrogen-bond donors (Lipinski definition) is 1. The summed E-state index contributed by atoms with van der Waals surface area (Å²) in [5.41, 5.74) is 11.4. The number of benzene rings is 3. The van der Waals surface area contributed by atoms with E-state index in [-0.39, 0.29) is 0 Å². The number of rotatable bonds is 7. The number of nitrogens with zero attached hydrogens (tertiary/aromatic N) is 3. The molecule has 5 aromatic rings. The second-order valence-electron chi connectivity index (χ2n) is 7.66. The van der Waals surface area contributed by atoms with Crippen LogP contribution in [-0.2, 0) is 0 Å². The number of imidazole rings is 1. The van der Waals surface area contributed by atoms with Crippen LogP contribution in [0.2, 0.25) is 0 Å². The van der Waals surface area contributed by atoms with E-state index < -0.39 is 0 Å². The van der Waals surface area contributed by atoms with Crippen LogP contribution in [0.25, 0.3) is 37.7 Å². The smallest absolute Gasteiger partial charge is 0.204 e. The molecule has 5 rings (SSSR count). The third-order valence-corrected chi connectivity index (χ3v) is 6.87. The van der Waals surface area contributed by atoms with Crippen LogP contribution < -0.4 is 24.7 Å². The van der Waals surface area contributed by atoms with E-state index in [0.29, 0.717) is 28.7 Å². The molecule has 0 radical (unpaired) electrons. The van der Waals surface area contributed by atoms with Crippen molar-refractivity contribution in [2.45, 2.75) is 0 Å². The Morgan fingerprint density at radius 1 is 0.857 bits per heavy atom. The fourth-order valence-corrected chi connectivity index (χ4v) is 5.09. The van der Waals surface area contributed by atoms with Crippen molar-refractivity contribution in [1.29, 1.82) is 0 Å². The maximum Gasteiger partial charge on any atom is 0.204 e. The van der Waals surface area contributed by atoms with Gasteiger partial charge in [0.05, 0.1) is 52.2 Å². The molecule has 0 fully saturated rings. The number of methoxy groups -OCH3 is 4. The fraction of sp³-hybridized carbons (Fsp3) is 0.154. The molecule has 0 amide bonds. The molecule has 0 saturated heterocycles. The van der Waals surface area contributed by atoms with Crippen molar-refractivity contribution in [3.63, 3.8) is 0 Å².